The molecule has 3 aromatic rings. The lowest BCUT2D eigenvalue weighted by molar-refractivity contribution is -0.385. The number of hydrogen-bond acceptors (Lipinski definition) is 8. The molecule has 3 heterocycles. The number of nitro groups is 1. The summed E-state index contributed by atoms with van der Waals surface area (Å²) in [6, 6.07) is 13.6. The zero-order chi connectivity index (χ0) is 27.2. The number of aryl methyl sites for hydroxylation is 1. The smallest absolute Gasteiger partial charge is 0.269 e. The summed E-state index contributed by atoms with van der Waals surface area (Å²) >= 11 is 0. The first-order chi connectivity index (χ1) is 18.1. The molecule has 0 radical (unpaired) electrons. The van der Waals surface area contributed by atoms with Crippen LogP contribution >= 0.6 is 0 Å². The summed E-state index contributed by atoms with van der Waals surface area (Å²) in [6.45, 7) is 5.98. The highest BCUT2D eigenvalue weighted by Crippen LogP contribution is 2.61. The first-order valence-corrected chi connectivity index (χ1v) is 15.7. The van der Waals surface area contributed by atoms with Gasteiger partial charge in [0.1, 0.15) is 0 Å². The number of amides is 1. The number of aromatic nitrogens is 3. The molecule has 5 rings (SSSR count). The van der Waals surface area contributed by atoms with Gasteiger partial charge < -0.3 is 14.6 Å². The van der Waals surface area contributed by atoms with E-state index in [1.165, 1.54) is 12.1 Å². The van der Waals surface area contributed by atoms with Crippen molar-refractivity contribution < 1.29 is 24.4 Å². The summed E-state index contributed by atoms with van der Waals surface area (Å²) in [6.07, 6.45) is 2.13. The lowest BCUT2D eigenvalue weighted by Gasteiger charge is -2.32. The Hall–Kier alpha value is -3.45. The van der Waals surface area contributed by atoms with Gasteiger partial charge in [-0.25, -0.2) is 0 Å². The quantitative estimate of drug-likeness (QED) is 0.253. The van der Waals surface area contributed by atoms with Crippen molar-refractivity contribution in [2.24, 2.45) is 5.92 Å². The molecular weight excluding hydrogens is 506 g/mol. The predicted octanol–water partition coefficient (Wildman–Crippen LogP) is 3.29. The second-order valence-electron chi connectivity index (χ2n) is 10.5. The number of aliphatic hydroxyl groups excluding tert-OH is 1. The van der Waals surface area contributed by atoms with Crippen LogP contribution in [0.3, 0.4) is 0 Å². The number of nitro benzene ring substituents is 1. The highest BCUT2D eigenvalue weighted by Gasteiger charge is 2.66. The van der Waals surface area contributed by atoms with Crippen LogP contribution in [0.25, 0.3) is 0 Å². The summed E-state index contributed by atoms with van der Waals surface area (Å²) in [5.74, 6) is -0.759. The van der Waals surface area contributed by atoms with Crippen molar-refractivity contribution in [3.8, 4) is 0 Å². The second-order valence-corrected chi connectivity index (χ2v) is 14.5. The van der Waals surface area contributed by atoms with E-state index < -0.39 is 30.9 Å². The van der Waals surface area contributed by atoms with Crippen LogP contribution in [0.2, 0.25) is 18.6 Å². The van der Waals surface area contributed by atoms with Gasteiger partial charge in [0.05, 0.1) is 22.4 Å². The highest BCUT2D eigenvalue weighted by molar-refractivity contribution is 6.71. The molecule has 4 atom stereocenters. The number of non-ortho nitro benzene ring substituents is 1. The Kier molecular flexibility index (Phi) is 6.67. The third kappa shape index (κ3) is 4.23. The number of aliphatic hydroxyl groups is 1. The molecule has 1 fully saturated rings. The number of anilines is 2. The molecule has 2 aliphatic heterocycles. The summed E-state index contributed by atoms with van der Waals surface area (Å²) in [5.41, 5.74) is 0.369. The minimum absolute atomic E-state index is 0.0254. The Balaban J connectivity index is 1.58. The van der Waals surface area contributed by atoms with E-state index in [4.69, 9.17) is 9.84 Å². The fourth-order valence-electron chi connectivity index (χ4n) is 6.14. The number of nitrogens with zero attached hydrogens (tertiary/aromatic N) is 5. The van der Waals surface area contributed by atoms with E-state index in [1.807, 2.05) is 50.3 Å². The van der Waals surface area contributed by atoms with Crippen molar-refractivity contribution in [2.75, 3.05) is 11.5 Å². The predicted molar refractivity (Wildman–Crippen MR) is 141 cm³/mol. The van der Waals surface area contributed by atoms with E-state index in [0.29, 0.717) is 42.0 Å². The normalized spacial score (nSPS) is 24.8. The van der Waals surface area contributed by atoms with E-state index in [1.54, 1.807) is 21.8 Å². The Morgan fingerprint density at radius 2 is 1.95 bits per heavy atom. The summed E-state index contributed by atoms with van der Waals surface area (Å²) in [7, 11) is -2.89. The molecule has 1 saturated heterocycles. The molecule has 11 nitrogen and oxygen atoms in total. The van der Waals surface area contributed by atoms with Crippen LogP contribution in [0.1, 0.15) is 24.6 Å². The lowest BCUT2D eigenvalue weighted by Crippen LogP contribution is -2.45. The maximum atomic E-state index is 14.4. The molecule has 38 heavy (non-hydrogen) atoms. The SMILES string of the molecule is C[C@H]1[C@H]([Si](C)(C)O)[C@@H](CCn2cc(CCO)nn2)O[C@]12C(=O)N(c1ccccc1)c1ccc([N+](=O)[O-])cc12. The molecule has 2 aromatic carbocycles. The monoisotopic (exact) mass is 537 g/mol. The molecule has 12 heteroatoms. The van der Waals surface area contributed by atoms with E-state index in [0.717, 1.165) is 0 Å². The number of carbonyl (C=O) groups is 1. The van der Waals surface area contributed by atoms with Crippen molar-refractivity contribution in [1.29, 1.82) is 0 Å². The molecule has 0 saturated carbocycles. The molecule has 2 N–H and O–H groups in total. The Morgan fingerprint density at radius 3 is 2.61 bits per heavy atom. The largest absolute Gasteiger partial charge is 0.432 e. The number of ether oxygens (including phenoxy) is 1. The first-order valence-electron chi connectivity index (χ1n) is 12.7. The van der Waals surface area contributed by atoms with E-state index in [9.17, 15) is 19.7 Å². The van der Waals surface area contributed by atoms with Crippen LogP contribution in [0.5, 0.6) is 0 Å². The van der Waals surface area contributed by atoms with Gasteiger partial charge in [0.25, 0.3) is 11.6 Å². The summed E-state index contributed by atoms with van der Waals surface area (Å²) < 4.78 is 8.39. The number of para-hydroxylation sites is 1. The molecule has 1 aromatic heterocycles. The fraction of sp³-hybridized carbons (Fsp3) is 0.423. The minimum Gasteiger partial charge on any atom is -0.432 e. The highest BCUT2D eigenvalue weighted by atomic mass is 28.4. The van der Waals surface area contributed by atoms with Gasteiger partial charge in [-0.1, -0.05) is 30.3 Å². The van der Waals surface area contributed by atoms with E-state index >= 15 is 0 Å². The van der Waals surface area contributed by atoms with Crippen molar-refractivity contribution >= 4 is 31.3 Å². The Bertz CT molecular complexity index is 1360. The number of fused-ring (bicyclic) bond motifs is 2. The van der Waals surface area contributed by atoms with Crippen molar-refractivity contribution in [3.63, 3.8) is 0 Å². The number of benzene rings is 2. The van der Waals surface area contributed by atoms with Gasteiger partial charge >= 0.3 is 0 Å². The summed E-state index contributed by atoms with van der Waals surface area (Å²) in [4.78, 5) is 38.6. The maximum absolute atomic E-state index is 14.4. The maximum Gasteiger partial charge on any atom is 0.269 e. The van der Waals surface area contributed by atoms with E-state index in [-0.39, 0.29) is 23.7 Å². The molecule has 0 aliphatic carbocycles. The Labute approximate surface area is 220 Å². The van der Waals surface area contributed by atoms with Crippen LogP contribution in [-0.4, -0.2) is 56.8 Å². The van der Waals surface area contributed by atoms with Gasteiger partial charge in [-0.2, -0.15) is 0 Å². The average Bonchev–Trinajstić information content (AvgIpc) is 3.52. The average molecular weight is 538 g/mol. The van der Waals surface area contributed by atoms with Crippen LogP contribution in [-0.2, 0) is 28.1 Å². The van der Waals surface area contributed by atoms with Gasteiger partial charge in [-0.15, -0.1) is 5.10 Å². The number of carbonyl (C=O) groups excluding carboxylic acids is 1. The first kappa shape index (κ1) is 26.2. The van der Waals surface area contributed by atoms with Gasteiger partial charge in [0.2, 0.25) is 0 Å². The molecule has 1 spiro atoms. The second kappa shape index (κ2) is 9.69. The van der Waals surface area contributed by atoms with Crippen LogP contribution in [0.4, 0.5) is 17.1 Å². The molecule has 0 unspecified atom stereocenters. The zero-order valence-electron chi connectivity index (χ0n) is 21.5. The number of rotatable bonds is 8. The standard InChI is InChI=1S/C26H31N5O6Si/c1-17-24(38(2,3)36)23(11-13-29-16-18(12-14-32)27-28-29)37-26(17)21-15-20(31(34)35)9-10-22(21)30(25(26)33)19-7-5-4-6-8-19/h4-10,15-17,23-24,32,36H,11-14H2,1-3H3/t17-,23+,24-,26+/m0/s1. The molecule has 1 amide bonds. The van der Waals surface area contributed by atoms with Gasteiger partial charge in [-0.3, -0.25) is 24.5 Å². The van der Waals surface area contributed by atoms with Crippen LogP contribution in [0.15, 0.2) is 54.7 Å². The fourth-order valence-corrected chi connectivity index (χ4v) is 8.75. The van der Waals surface area contributed by atoms with Crippen LogP contribution < -0.4 is 4.90 Å². The van der Waals surface area contributed by atoms with Crippen molar-refractivity contribution in [1.82, 2.24) is 15.0 Å². The lowest BCUT2D eigenvalue weighted by atomic mass is 9.82. The van der Waals surface area contributed by atoms with Gasteiger partial charge in [0, 0.05) is 60.6 Å². The third-order valence-corrected chi connectivity index (χ3v) is 10.2. The van der Waals surface area contributed by atoms with Crippen LogP contribution in [0, 0.1) is 16.0 Å². The Morgan fingerprint density at radius 1 is 1.21 bits per heavy atom. The van der Waals surface area contributed by atoms with Gasteiger partial charge in [0.15, 0.2) is 13.9 Å². The van der Waals surface area contributed by atoms with Crippen molar-refractivity contribution in [2.45, 2.75) is 56.7 Å². The molecule has 0 bridgehead atoms. The van der Waals surface area contributed by atoms with Gasteiger partial charge in [-0.05, 0) is 37.7 Å². The summed E-state index contributed by atoms with van der Waals surface area (Å²) in [5, 5.41) is 29.1. The molecular formula is C26H31N5O6Si. The third-order valence-electron chi connectivity index (χ3n) is 7.70. The minimum atomic E-state index is -2.89. The topological polar surface area (TPSA) is 144 Å². The molecule has 200 valence electrons. The zero-order valence-corrected chi connectivity index (χ0v) is 22.5. The number of hydrogen-bond donors (Lipinski definition) is 2. The van der Waals surface area contributed by atoms with E-state index in [2.05, 4.69) is 10.3 Å². The molecule has 2 aliphatic rings. The van der Waals surface area contributed by atoms with Crippen molar-refractivity contribution in [3.05, 3.63) is 76.1 Å².